The normalized spacial score (nSPS) is 34.2. The lowest BCUT2D eigenvalue weighted by Crippen LogP contribution is -2.48. The molecular weight excluding hydrogens is 238 g/mol. The van der Waals surface area contributed by atoms with Gasteiger partial charge >= 0.3 is 0 Å². The van der Waals surface area contributed by atoms with Gasteiger partial charge in [0, 0.05) is 25.6 Å². The SMILES string of the molecule is Cc1ccc(C2CC(NCC3(O)CCOC3)C2)cc1. The Labute approximate surface area is 115 Å². The number of nitrogens with one attached hydrogen (secondary N) is 1. The van der Waals surface area contributed by atoms with Crippen molar-refractivity contribution in [3.63, 3.8) is 0 Å². The van der Waals surface area contributed by atoms with Gasteiger partial charge in [0.2, 0.25) is 0 Å². The van der Waals surface area contributed by atoms with Crippen molar-refractivity contribution >= 4 is 0 Å². The predicted octanol–water partition coefficient (Wildman–Crippen LogP) is 1.98. The third-order valence-corrected chi connectivity index (χ3v) is 4.49. The summed E-state index contributed by atoms with van der Waals surface area (Å²) in [4.78, 5) is 0. The van der Waals surface area contributed by atoms with E-state index in [0.717, 1.165) is 6.42 Å². The second-order valence-corrected chi connectivity index (χ2v) is 6.18. The molecule has 1 aliphatic heterocycles. The smallest absolute Gasteiger partial charge is 0.102 e. The van der Waals surface area contributed by atoms with E-state index in [4.69, 9.17) is 4.74 Å². The van der Waals surface area contributed by atoms with Crippen LogP contribution in [0.2, 0.25) is 0 Å². The number of ether oxygens (including phenoxy) is 1. The number of benzene rings is 1. The van der Waals surface area contributed by atoms with Crippen LogP contribution in [0.3, 0.4) is 0 Å². The van der Waals surface area contributed by atoms with E-state index in [9.17, 15) is 5.11 Å². The number of rotatable bonds is 4. The van der Waals surface area contributed by atoms with Crippen molar-refractivity contribution in [2.45, 2.75) is 43.7 Å². The number of aliphatic hydroxyl groups is 1. The van der Waals surface area contributed by atoms with Gasteiger partial charge in [-0.25, -0.2) is 0 Å². The lowest BCUT2D eigenvalue weighted by atomic mass is 9.75. The maximum atomic E-state index is 10.2. The van der Waals surface area contributed by atoms with Gasteiger partial charge in [-0.2, -0.15) is 0 Å². The van der Waals surface area contributed by atoms with Crippen molar-refractivity contribution in [2.24, 2.45) is 0 Å². The molecule has 0 bridgehead atoms. The van der Waals surface area contributed by atoms with E-state index >= 15 is 0 Å². The molecule has 1 aliphatic carbocycles. The Morgan fingerprint density at radius 1 is 1.32 bits per heavy atom. The Hall–Kier alpha value is -0.900. The van der Waals surface area contributed by atoms with Crippen LogP contribution in [0.15, 0.2) is 24.3 Å². The van der Waals surface area contributed by atoms with E-state index in [1.165, 1.54) is 24.0 Å². The van der Waals surface area contributed by atoms with Crippen LogP contribution in [0.1, 0.15) is 36.3 Å². The van der Waals surface area contributed by atoms with Crippen LogP contribution in [0.25, 0.3) is 0 Å². The molecule has 104 valence electrons. The van der Waals surface area contributed by atoms with Crippen LogP contribution in [0.4, 0.5) is 0 Å². The molecule has 0 aromatic heterocycles. The Morgan fingerprint density at radius 2 is 2.05 bits per heavy atom. The van der Waals surface area contributed by atoms with Crippen LogP contribution in [0.5, 0.6) is 0 Å². The molecule has 1 heterocycles. The van der Waals surface area contributed by atoms with Gasteiger partial charge in [-0.3, -0.25) is 0 Å². The molecule has 3 nitrogen and oxygen atoms in total. The minimum atomic E-state index is -0.630. The minimum Gasteiger partial charge on any atom is -0.386 e. The zero-order valence-corrected chi connectivity index (χ0v) is 11.6. The molecule has 0 radical (unpaired) electrons. The van der Waals surface area contributed by atoms with Gasteiger partial charge in [-0.05, 0) is 31.2 Å². The van der Waals surface area contributed by atoms with E-state index in [1.54, 1.807) is 0 Å². The Kier molecular flexibility index (Phi) is 3.61. The molecule has 3 rings (SSSR count). The highest BCUT2D eigenvalue weighted by atomic mass is 16.5. The van der Waals surface area contributed by atoms with Crippen molar-refractivity contribution in [1.82, 2.24) is 5.32 Å². The number of aryl methyl sites for hydroxylation is 1. The fraction of sp³-hybridized carbons (Fsp3) is 0.625. The van der Waals surface area contributed by atoms with Crippen molar-refractivity contribution in [3.8, 4) is 0 Å². The van der Waals surface area contributed by atoms with Crippen molar-refractivity contribution in [2.75, 3.05) is 19.8 Å². The fourth-order valence-corrected chi connectivity index (χ4v) is 2.97. The van der Waals surface area contributed by atoms with Gasteiger partial charge in [0.15, 0.2) is 0 Å². The largest absolute Gasteiger partial charge is 0.386 e. The van der Waals surface area contributed by atoms with Crippen LogP contribution < -0.4 is 5.32 Å². The average molecular weight is 261 g/mol. The van der Waals surface area contributed by atoms with E-state index in [1.807, 2.05) is 0 Å². The third-order valence-electron chi connectivity index (χ3n) is 4.49. The molecule has 0 spiro atoms. The second kappa shape index (κ2) is 5.23. The molecule has 1 saturated carbocycles. The van der Waals surface area contributed by atoms with Gasteiger partial charge in [-0.15, -0.1) is 0 Å². The van der Waals surface area contributed by atoms with Crippen LogP contribution in [0, 0.1) is 6.92 Å². The molecule has 1 unspecified atom stereocenters. The Bertz CT molecular complexity index is 417. The highest BCUT2D eigenvalue weighted by Crippen LogP contribution is 2.37. The first kappa shape index (κ1) is 13.1. The summed E-state index contributed by atoms with van der Waals surface area (Å²) in [5, 5.41) is 13.7. The zero-order chi connectivity index (χ0) is 13.3. The lowest BCUT2D eigenvalue weighted by molar-refractivity contribution is 0.0216. The molecule has 2 fully saturated rings. The van der Waals surface area contributed by atoms with Gasteiger partial charge in [0.05, 0.1) is 6.61 Å². The summed E-state index contributed by atoms with van der Waals surface area (Å²) in [5.41, 5.74) is 2.14. The molecule has 1 saturated heterocycles. The maximum Gasteiger partial charge on any atom is 0.102 e. The van der Waals surface area contributed by atoms with E-state index in [-0.39, 0.29) is 0 Å². The van der Waals surface area contributed by atoms with Gasteiger partial charge in [-0.1, -0.05) is 29.8 Å². The van der Waals surface area contributed by atoms with Gasteiger partial charge < -0.3 is 15.2 Å². The molecule has 2 aliphatic rings. The highest BCUT2D eigenvalue weighted by Gasteiger charge is 2.35. The monoisotopic (exact) mass is 261 g/mol. The lowest BCUT2D eigenvalue weighted by Gasteiger charge is -2.38. The predicted molar refractivity (Wildman–Crippen MR) is 75.3 cm³/mol. The van der Waals surface area contributed by atoms with Crippen LogP contribution in [-0.4, -0.2) is 36.5 Å². The van der Waals surface area contributed by atoms with Crippen LogP contribution >= 0.6 is 0 Å². The molecule has 0 amide bonds. The number of hydrogen-bond acceptors (Lipinski definition) is 3. The Morgan fingerprint density at radius 3 is 2.68 bits per heavy atom. The van der Waals surface area contributed by atoms with Crippen molar-refractivity contribution in [3.05, 3.63) is 35.4 Å². The second-order valence-electron chi connectivity index (χ2n) is 6.18. The van der Waals surface area contributed by atoms with Gasteiger partial charge in [0.1, 0.15) is 5.60 Å². The maximum absolute atomic E-state index is 10.2. The van der Waals surface area contributed by atoms with E-state index < -0.39 is 5.60 Å². The van der Waals surface area contributed by atoms with E-state index in [0.29, 0.717) is 31.7 Å². The van der Waals surface area contributed by atoms with Crippen molar-refractivity contribution in [1.29, 1.82) is 0 Å². The first-order valence-corrected chi connectivity index (χ1v) is 7.25. The molecule has 1 aromatic rings. The molecule has 1 aromatic carbocycles. The third kappa shape index (κ3) is 2.99. The molecular formula is C16H23NO2. The summed E-state index contributed by atoms with van der Waals surface area (Å²) in [5.74, 6) is 0.688. The van der Waals surface area contributed by atoms with Gasteiger partial charge in [0.25, 0.3) is 0 Å². The zero-order valence-electron chi connectivity index (χ0n) is 11.6. The summed E-state index contributed by atoms with van der Waals surface area (Å²) >= 11 is 0. The van der Waals surface area contributed by atoms with Crippen molar-refractivity contribution < 1.29 is 9.84 Å². The summed E-state index contributed by atoms with van der Waals surface area (Å²) in [7, 11) is 0. The molecule has 1 atom stereocenters. The van der Waals surface area contributed by atoms with E-state index in [2.05, 4.69) is 36.5 Å². The average Bonchev–Trinajstić information content (AvgIpc) is 2.77. The minimum absolute atomic E-state index is 0.480. The fourth-order valence-electron chi connectivity index (χ4n) is 2.97. The quantitative estimate of drug-likeness (QED) is 0.871. The topological polar surface area (TPSA) is 41.5 Å². The standard InChI is InChI=1S/C16H23NO2/c1-12-2-4-13(5-3-12)14-8-15(9-14)17-10-16(18)6-7-19-11-16/h2-5,14-15,17-18H,6-11H2,1H3. The highest BCUT2D eigenvalue weighted by molar-refractivity contribution is 5.26. The molecule has 2 N–H and O–H groups in total. The summed E-state index contributed by atoms with van der Waals surface area (Å²) in [6.45, 7) is 3.96. The first-order valence-electron chi connectivity index (χ1n) is 7.25. The first-order chi connectivity index (χ1) is 9.15. The summed E-state index contributed by atoms with van der Waals surface area (Å²) in [6.07, 6.45) is 3.12. The number of hydrogen-bond donors (Lipinski definition) is 2. The molecule has 19 heavy (non-hydrogen) atoms. The summed E-state index contributed by atoms with van der Waals surface area (Å²) in [6, 6.07) is 9.42. The molecule has 3 heteroatoms. The summed E-state index contributed by atoms with van der Waals surface area (Å²) < 4.78 is 5.26. The Balaban J connectivity index is 1.44. The van der Waals surface area contributed by atoms with Crippen LogP contribution in [-0.2, 0) is 4.74 Å².